The normalized spacial score (nSPS) is 24.3. The van der Waals surface area contributed by atoms with Crippen LogP contribution in [0.25, 0.3) is 0 Å². The minimum absolute atomic E-state index is 0.668. The standard InChI is InChI=1S/C16H26N2/c1-12-4-5-14(3)18(11-12)16-7-6-15(8-9-17)13(2)10-16/h6-7,10,12,14H,4-5,8-9,11,17H2,1-3H3. The second-order valence-corrected chi connectivity index (χ2v) is 5.83. The number of hydrogen-bond donors (Lipinski definition) is 1. The Bertz CT molecular complexity index is 400. The van der Waals surface area contributed by atoms with Gasteiger partial charge in [0.05, 0.1) is 0 Å². The number of nitrogens with zero attached hydrogens (tertiary/aromatic N) is 1. The lowest BCUT2D eigenvalue weighted by Crippen LogP contribution is -2.41. The van der Waals surface area contributed by atoms with Gasteiger partial charge in [-0.1, -0.05) is 13.0 Å². The van der Waals surface area contributed by atoms with Crippen LogP contribution >= 0.6 is 0 Å². The van der Waals surface area contributed by atoms with Gasteiger partial charge in [-0.05, 0) is 68.8 Å². The Morgan fingerprint density at radius 1 is 1.28 bits per heavy atom. The van der Waals surface area contributed by atoms with E-state index in [0.717, 1.165) is 18.9 Å². The van der Waals surface area contributed by atoms with Crippen LogP contribution in [0.2, 0.25) is 0 Å². The Kier molecular flexibility index (Phi) is 4.28. The van der Waals surface area contributed by atoms with Gasteiger partial charge < -0.3 is 10.6 Å². The molecule has 0 aromatic heterocycles. The molecule has 2 rings (SSSR count). The zero-order valence-electron chi connectivity index (χ0n) is 11.9. The van der Waals surface area contributed by atoms with Crippen molar-refractivity contribution in [2.75, 3.05) is 18.0 Å². The van der Waals surface area contributed by atoms with Crippen molar-refractivity contribution in [2.24, 2.45) is 11.7 Å². The maximum absolute atomic E-state index is 5.64. The lowest BCUT2D eigenvalue weighted by atomic mass is 9.94. The Morgan fingerprint density at radius 2 is 2.06 bits per heavy atom. The quantitative estimate of drug-likeness (QED) is 0.888. The largest absolute Gasteiger partial charge is 0.369 e. The topological polar surface area (TPSA) is 29.3 Å². The van der Waals surface area contributed by atoms with Crippen molar-refractivity contribution >= 4 is 5.69 Å². The number of hydrogen-bond acceptors (Lipinski definition) is 2. The van der Waals surface area contributed by atoms with Crippen molar-refractivity contribution < 1.29 is 0 Å². The smallest absolute Gasteiger partial charge is 0.0371 e. The lowest BCUT2D eigenvalue weighted by molar-refractivity contribution is 0.390. The van der Waals surface area contributed by atoms with Crippen molar-refractivity contribution in [2.45, 2.75) is 46.1 Å². The monoisotopic (exact) mass is 246 g/mol. The Labute approximate surface area is 111 Å². The number of rotatable bonds is 3. The van der Waals surface area contributed by atoms with Gasteiger partial charge in [0.1, 0.15) is 0 Å². The van der Waals surface area contributed by atoms with Crippen molar-refractivity contribution in [3.63, 3.8) is 0 Å². The fourth-order valence-electron chi connectivity index (χ4n) is 2.94. The highest BCUT2D eigenvalue weighted by atomic mass is 15.2. The first-order chi connectivity index (χ1) is 8.61. The molecule has 2 atom stereocenters. The molecule has 0 spiro atoms. The van der Waals surface area contributed by atoms with Crippen LogP contribution in [0.3, 0.4) is 0 Å². The average molecular weight is 246 g/mol. The summed E-state index contributed by atoms with van der Waals surface area (Å²) in [6.07, 6.45) is 3.66. The van der Waals surface area contributed by atoms with Gasteiger partial charge in [0.15, 0.2) is 0 Å². The third-order valence-electron chi connectivity index (χ3n) is 4.19. The van der Waals surface area contributed by atoms with Gasteiger partial charge in [-0.3, -0.25) is 0 Å². The van der Waals surface area contributed by atoms with Crippen molar-refractivity contribution in [3.8, 4) is 0 Å². The molecule has 0 bridgehead atoms. The number of piperidine rings is 1. The van der Waals surface area contributed by atoms with Gasteiger partial charge >= 0.3 is 0 Å². The number of anilines is 1. The molecule has 0 saturated carbocycles. The third-order valence-corrected chi connectivity index (χ3v) is 4.19. The molecule has 1 aliphatic rings. The van der Waals surface area contributed by atoms with E-state index in [1.54, 1.807) is 0 Å². The molecule has 0 aliphatic carbocycles. The van der Waals surface area contributed by atoms with E-state index < -0.39 is 0 Å². The Balaban J connectivity index is 2.19. The van der Waals surface area contributed by atoms with E-state index in [1.807, 2.05) is 0 Å². The fraction of sp³-hybridized carbons (Fsp3) is 0.625. The number of benzene rings is 1. The number of aryl methyl sites for hydroxylation is 1. The molecule has 1 fully saturated rings. The highest BCUT2D eigenvalue weighted by molar-refractivity contribution is 5.52. The molecule has 0 amide bonds. The molecule has 1 aliphatic heterocycles. The SMILES string of the molecule is Cc1cc(N2CC(C)CCC2C)ccc1CCN. The van der Waals surface area contributed by atoms with Crippen molar-refractivity contribution in [1.82, 2.24) is 0 Å². The summed E-state index contributed by atoms with van der Waals surface area (Å²) in [7, 11) is 0. The van der Waals surface area contributed by atoms with E-state index >= 15 is 0 Å². The van der Waals surface area contributed by atoms with E-state index in [9.17, 15) is 0 Å². The summed E-state index contributed by atoms with van der Waals surface area (Å²) in [5.41, 5.74) is 9.79. The second kappa shape index (κ2) is 5.75. The Morgan fingerprint density at radius 3 is 2.72 bits per heavy atom. The van der Waals surface area contributed by atoms with Crippen LogP contribution in [0, 0.1) is 12.8 Å². The molecule has 100 valence electrons. The molecule has 18 heavy (non-hydrogen) atoms. The summed E-state index contributed by atoms with van der Waals surface area (Å²) in [5, 5.41) is 0. The third kappa shape index (κ3) is 2.86. The zero-order valence-corrected chi connectivity index (χ0v) is 11.9. The maximum Gasteiger partial charge on any atom is 0.0371 e. The van der Waals surface area contributed by atoms with Crippen LogP contribution in [0.1, 0.15) is 37.8 Å². The molecule has 1 aromatic rings. The molecule has 1 aromatic carbocycles. The minimum Gasteiger partial charge on any atom is -0.369 e. The van der Waals surface area contributed by atoms with E-state index in [0.29, 0.717) is 6.04 Å². The van der Waals surface area contributed by atoms with Gasteiger partial charge in [0.25, 0.3) is 0 Å². The first-order valence-corrected chi connectivity index (χ1v) is 7.18. The predicted molar refractivity (Wildman–Crippen MR) is 79.1 cm³/mol. The molecular weight excluding hydrogens is 220 g/mol. The maximum atomic E-state index is 5.64. The fourth-order valence-corrected chi connectivity index (χ4v) is 2.94. The van der Waals surface area contributed by atoms with E-state index in [-0.39, 0.29) is 0 Å². The second-order valence-electron chi connectivity index (χ2n) is 5.83. The van der Waals surface area contributed by atoms with Crippen LogP contribution in [0.4, 0.5) is 5.69 Å². The average Bonchev–Trinajstić information content (AvgIpc) is 2.35. The Hall–Kier alpha value is -1.02. The van der Waals surface area contributed by atoms with Crippen LogP contribution in [0.15, 0.2) is 18.2 Å². The minimum atomic E-state index is 0.668. The van der Waals surface area contributed by atoms with E-state index in [4.69, 9.17) is 5.73 Å². The summed E-state index contributed by atoms with van der Waals surface area (Å²) in [5.74, 6) is 0.810. The summed E-state index contributed by atoms with van der Waals surface area (Å²) in [6, 6.07) is 7.52. The zero-order chi connectivity index (χ0) is 13.1. The highest BCUT2D eigenvalue weighted by Gasteiger charge is 2.23. The van der Waals surface area contributed by atoms with Crippen LogP contribution in [0.5, 0.6) is 0 Å². The van der Waals surface area contributed by atoms with Gasteiger partial charge in [-0.25, -0.2) is 0 Å². The molecule has 1 heterocycles. The summed E-state index contributed by atoms with van der Waals surface area (Å²) >= 11 is 0. The highest BCUT2D eigenvalue weighted by Crippen LogP contribution is 2.28. The van der Waals surface area contributed by atoms with Gasteiger partial charge in [0.2, 0.25) is 0 Å². The molecule has 1 saturated heterocycles. The molecule has 2 N–H and O–H groups in total. The molecule has 2 unspecified atom stereocenters. The summed E-state index contributed by atoms with van der Waals surface area (Å²) < 4.78 is 0. The van der Waals surface area contributed by atoms with Crippen LogP contribution < -0.4 is 10.6 Å². The molecule has 2 heteroatoms. The first kappa shape index (κ1) is 13.4. The molecule has 2 nitrogen and oxygen atoms in total. The summed E-state index contributed by atoms with van der Waals surface area (Å²) in [4.78, 5) is 2.56. The predicted octanol–water partition coefficient (Wildman–Crippen LogP) is 3.12. The van der Waals surface area contributed by atoms with Crippen LogP contribution in [-0.4, -0.2) is 19.1 Å². The molecular formula is C16H26N2. The van der Waals surface area contributed by atoms with Gasteiger partial charge in [0, 0.05) is 18.3 Å². The van der Waals surface area contributed by atoms with Crippen LogP contribution in [-0.2, 0) is 6.42 Å². The first-order valence-electron chi connectivity index (χ1n) is 7.18. The number of nitrogens with two attached hydrogens (primary N) is 1. The van der Waals surface area contributed by atoms with Crippen molar-refractivity contribution in [1.29, 1.82) is 0 Å². The van der Waals surface area contributed by atoms with E-state index in [1.165, 1.54) is 36.2 Å². The van der Waals surface area contributed by atoms with Gasteiger partial charge in [-0.2, -0.15) is 0 Å². The van der Waals surface area contributed by atoms with Gasteiger partial charge in [-0.15, -0.1) is 0 Å². The molecule has 0 radical (unpaired) electrons. The van der Waals surface area contributed by atoms with E-state index in [2.05, 4.69) is 43.9 Å². The van der Waals surface area contributed by atoms with Crippen molar-refractivity contribution in [3.05, 3.63) is 29.3 Å². The summed E-state index contributed by atoms with van der Waals surface area (Å²) in [6.45, 7) is 8.82. The lowest BCUT2D eigenvalue weighted by Gasteiger charge is -2.39.